The summed E-state index contributed by atoms with van der Waals surface area (Å²) >= 11 is 1.59. The third kappa shape index (κ3) is 13.9. The molecule has 0 spiro atoms. The predicted molar refractivity (Wildman–Crippen MR) is 186 cm³/mol. The first kappa shape index (κ1) is 44.8. The molecule has 2 aromatic rings. The summed E-state index contributed by atoms with van der Waals surface area (Å²) in [6, 6.07) is 0. The normalized spacial score (nSPS) is 22.3. The van der Waals surface area contributed by atoms with Gasteiger partial charge in [0.15, 0.2) is 17.7 Å². The number of amides is 2. The van der Waals surface area contributed by atoms with Gasteiger partial charge in [-0.2, -0.15) is 16.1 Å². The highest BCUT2D eigenvalue weighted by atomic mass is 32.2. The highest BCUT2D eigenvalue weighted by molar-refractivity contribution is 7.99. The Bertz CT molecular complexity index is 1760. The maximum Gasteiger partial charge on any atom is 0.481 e. The van der Waals surface area contributed by atoms with Crippen molar-refractivity contribution in [1.29, 1.82) is 0 Å². The number of ether oxygens (including phenoxy) is 1. The van der Waals surface area contributed by atoms with Gasteiger partial charge in [0.2, 0.25) is 11.8 Å². The molecule has 0 saturated carbocycles. The Morgan fingerprint density at radius 3 is 2.51 bits per heavy atom. The molecule has 0 radical (unpaired) electrons. The van der Waals surface area contributed by atoms with Gasteiger partial charge in [-0.1, -0.05) is 38.7 Å². The van der Waals surface area contributed by atoms with Crippen LogP contribution in [0.15, 0.2) is 37.5 Å². The number of aliphatic hydroxyl groups excluding tert-OH is 2. The van der Waals surface area contributed by atoms with E-state index < -0.39 is 78.6 Å². The fraction of sp³-hybridized carbons (Fsp3) is 0.577. The number of carbonyl (C=O) groups excluding carboxylic acids is 2. The van der Waals surface area contributed by atoms with Crippen molar-refractivity contribution in [2.45, 2.75) is 50.9 Å². The van der Waals surface area contributed by atoms with Crippen LogP contribution >= 0.6 is 35.2 Å². The second kappa shape index (κ2) is 19.3. The van der Waals surface area contributed by atoms with Gasteiger partial charge in [0.05, 0.1) is 19.5 Å². The van der Waals surface area contributed by atoms with E-state index in [9.17, 15) is 53.1 Å². The molecule has 7 atom stereocenters. The van der Waals surface area contributed by atoms with Gasteiger partial charge >= 0.3 is 23.5 Å². The van der Waals surface area contributed by atoms with Crippen LogP contribution in [0.25, 0.3) is 11.2 Å². The Labute approximate surface area is 306 Å². The monoisotopic (exact) mass is 833 g/mol. The van der Waals surface area contributed by atoms with Gasteiger partial charge in [0.1, 0.15) is 36.3 Å². The highest BCUT2D eigenvalue weighted by Crippen LogP contribution is 2.61. The highest BCUT2D eigenvalue weighted by Gasteiger charge is 2.50. The van der Waals surface area contributed by atoms with Crippen molar-refractivity contribution in [2.75, 3.05) is 43.5 Å². The van der Waals surface area contributed by atoms with Crippen molar-refractivity contribution >= 4 is 64.0 Å². The zero-order valence-corrected chi connectivity index (χ0v) is 31.8. The first-order valence-electron chi connectivity index (χ1n) is 15.4. The molecule has 2 aromatic heterocycles. The molecule has 0 aromatic carbocycles. The van der Waals surface area contributed by atoms with Crippen LogP contribution in [0, 0.1) is 5.41 Å². The molecule has 1 aliphatic heterocycles. The molecule has 0 aliphatic carbocycles. The number of fused-ring (bicyclic) bond motifs is 1. The number of nitrogens with zero attached hydrogens (tertiary/aromatic N) is 4. The van der Waals surface area contributed by atoms with Crippen molar-refractivity contribution < 1.29 is 75.7 Å². The molecule has 1 saturated heterocycles. The van der Waals surface area contributed by atoms with Crippen molar-refractivity contribution in [1.82, 2.24) is 30.2 Å². The second-order valence-corrected chi connectivity index (χ2v) is 17.2. The number of thioether (sulfide) groups is 1. The number of nitrogens with two attached hydrogens (primary N) is 1. The lowest BCUT2D eigenvalue weighted by molar-refractivity contribution is -0.137. The van der Waals surface area contributed by atoms with E-state index in [4.69, 9.17) is 19.5 Å². The molecule has 1 fully saturated rings. The van der Waals surface area contributed by atoms with Crippen LogP contribution in [0.2, 0.25) is 0 Å². The van der Waals surface area contributed by atoms with Crippen molar-refractivity contribution in [3.8, 4) is 0 Å². The van der Waals surface area contributed by atoms with Gasteiger partial charge < -0.3 is 50.9 Å². The van der Waals surface area contributed by atoms with Crippen molar-refractivity contribution in [2.24, 2.45) is 5.41 Å². The molecule has 27 heteroatoms. The number of phosphoric ester groups is 3. The molecule has 3 heterocycles. The lowest BCUT2D eigenvalue weighted by atomic mass is 9.87. The first-order chi connectivity index (χ1) is 24.7. The standard InChI is InChI=1S/C26H42N7O16P3S/c1-4-5-6-10-53-11-9-28-17(34)7-8-29-24(37)21(36)26(2,3)13-46-52(43,44)49-51(41,42)45-12-16-20(48-50(38,39)40)19(35)25(47-16)33-15-32-18-22(27)30-14-31-23(18)33/h4-6,14-16,19-21,25,35-36H,1,7-13H2,2-3H3,(H,28,34)(H,29,37)(H,41,42)(H,43,44)(H2,27,30,31)(H2,38,39,40)/t16-,19-,20-,21?,25-/m1/s1. The molecule has 53 heavy (non-hydrogen) atoms. The summed E-state index contributed by atoms with van der Waals surface area (Å²) in [7, 11) is -16.3. The van der Waals surface area contributed by atoms with Gasteiger partial charge in [0.25, 0.3) is 0 Å². The third-order valence-corrected chi connectivity index (χ3v) is 11.2. The molecule has 0 bridgehead atoms. The largest absolute Gasteiger partial charge is 0.481 e. The molecule has 298 valence electrons. The minimum Gasteiger partial charge on any atom is -0.386 e. The Hall–Kier alpha value is -2.63. The number of imidazole rings is 1. The van der Waals surface area contributed by atoms with E-state index in [1.54, 1.807) is 23.9 Å². The summed E-state index contributed by atoms with van der Waals surface area (Å²) in [5.74, 6) is 0.0962. The van der Waals surface area contributed by atoms with Gasteiger partial charge in [0, 0.05) is 36.4 Å². The maximum absolute atomic E-state index is 12.6. The summed E-state index contributed by atoms with van der Waals surface area (Å²) in [6.07, 6.45) is -1.37. The summed E-state index contributed by atoms with van der Waals surface area (Å²) in [6.45, 7) is 4.39. The number of nitrogens with one attached hydrogen (secondary N) is 2. The van der Waals surface area contributed by atoms with Crippen LogP contribution < -0.4 is 16.4 Å². The zero-order valence-electron chi connectivity index (χ0n) is 28.3. The van der Waals surface area contributed by atoms with Crippen LogP contribution in [0.4, 0.5) is 5.82 Å². The van der Waals surface area contributed by atoms with Crippen LogP contribution in [-0.4, -0.2) is 123 Å². The maximum atomic E-state index is 12.6. The molecule has 23 nitrogen and oxygen atoms in total. The molecule has 10 N–H and O–H groups in total. The van der Waals surface area contributed by atoms with Gasteiger partial charge in [-0.3, -0.25) is 27.7 Å². The minimum atomic E-state index is -5.55. The number of aromatic nitrogens is 4. The topological polar surface area (TPSA) is 347 Å². The van der Waals surface area contributed by atoms with E-state index in [1.807, 2.05) is 6.08 Å². The van der Waals surface area contributed by atoms with E-state index >= 15 is 0 Å². The SMILES string of the molecule is C=CC=CCSCCNC(=O)CCNC(=O)C(O)C(C)(C)COP(=O)(O)OP(=O)(O)OC[C@H]1O[C@@H](n2cnc3c(N)ncnc32)[C@H](O)[C@@H]1OP(=O)(O)O. The predicted octanol–water partition coefficient (Wildman–Crippen LogP) is -0.120. The summed E-state index contributed by atoms with van der Waals surface area (Å²) < 4.78 is 62.0. The van der Waals surface area contributed by atoms with Crippen LogP contribution in [0.5, 0.6) is 0 Å². The Morgan fingerprint density at radius 2 is 1.83 bits per heavy atom. The van der Waals surface area contributed by atoms with Crippen LogP contribution in [0.3, 0.4) is 0 Å². The molecule has 3 rings (SSSR count). The first-order valence-corrected chi connectivity index (χ1v) is 21.1. The lowest BCUT2D eigenvalue weighted by Crippen LogP contribution is -2.46. The van der Waals surface area contributed by atoms with Crippen molar-refractivity contribution in [3.05, 3.63) is 37.5 Å². The van der Waals surface area contributed by atoms with Gasteiger partial charge in [-0.15, -0.1) is 0 Å². The number of allylic oxidation sites excluding steroid dienone is 2. The summed E-state index contributed by atoms with van der Waals surface area (Å²) in [5.41, 5.74) is 4.30. The van der Waals surface area contributed by atoms with E-state index in [0.29, 0.717) is 12.3 Å². The van der Waals surface area contributed by atoms with Crippen LogP contribution in [0.1, 0.15) is 26.5 Å². The van der Waals surface area contributed by atoms with E-state index in [-0.39, 0.29) is 35.9 Å². The van der Waals surface area contributed by atoms with E-state index in [1.165, 1.54) is 13.8 Å². The zero-order chi connectivity index (χ0) is 39.6. The fourth-order valence-electron chi connectivity index (χ4n) is 4.51. The Balaban J connectivity index is 1.51. The minimum absolute atomic E-state index is 0.0366. The fourth-order valence-corrected chi connectivity index (χ4v) is 7.99. The molecule has 3 unspecified atom stereocenters. The molecule has 1 aliphatic rings. The average molecular weight is 834 g/mol. The second-order valence-electron chi connectivity index (χ2n) is 11.8. The number of anilines is 1. The van der Waals surface area contributed by atoms with E-state index in [2.05, 4.69) is 41.0 Å². The smallest absolute Gasteiger partial charge is 0.386 e. The van der Waals surface area contributed by atoms with Crippen molar-refractivity contribution in [3.63, 3.8) is 0 Å². The number of rotatable bonds is 22. The molecular weight excluding hydrogens is 791 g/mol. The number of aliphatic hydroxyl groups is 2. The molecular formula is C26H42N7O16P3S. The van der Waals surface area contributed by atoms with Crippen LogP contribution in [-0.2, 0) is 45.9 Å². The summed E-state index contributed by atoms with van der Waals surface area (Å²) in [4.78, 5) is 75.4. The average Bonchev–Trinajstić information content (AvgIpc) is 3.62. The number of phosphoric acid groups is 3. The number of carbonyl (C=O) groups is 2. The van der Waals surface area contributed by atoms with E-state index in [0.717, 1.165) is 23.0 Å². The number of hydrogen-bond donors (Lipinski definition) is 9. The third-order valence-electron chi connectivity index (χ3n) is 7.13. The molecule has 2 amide bonds. The quantitative estimate of drug-likeness (QED) is 0.0424. The number of hydrogen-bond acceptors (Lipinski definition) is 17. The van der Waals surface area contributed by atoms with Gasteiger partial charge in [-0.25, -0.2) is 28.6 Å². The lowest BCUT2D eigenvalue weighted by Gasteiger charge is -2.30. The van der Waals surface area contributed by atoms with Gasteiger partial charge in [-0.05, 0) is 0 Å². The Kier molecular flexibility index (Phi) is 16.3. The number of nitrogen functional groups attached to an aromatic ring is 1. The summed E-state index contributed by atoms with van der Waals surface area (Å²) in [5, 5.41) is 26.4. The Morgan fingerprint density at radius 1 is 1.13 bits per heavy atom.